The van der Waals surface area contributed by atoms with Crippen LogP contribution in [0.5, 0.6) is 5.75 Å². The Morgan fingerprint density at radius 3 is 2.74 bits per heavy atom. The van der Waals surface area contributed by atoms with Crippen LogP contribution >= 0.6 is 0 Å². The van der Waals surface area contributed by atoms with Crippen molar-refractivity contribution >= 4 is 0 Å². The highest BCUT2D eigenvalue weighted by Gasteiger charge is 2.24. The molecule has 4 heteroatoms. The van der Waals surface area contributed by atoms with Crippen molar-refractivity contribution < 1.29 is 9.50 Å². The second-order valence-corrected chi connectivity index (χ2v) is 5.15. The van der Waals surface area contributed by atoms with Gasteiger partial charge in [-0.1, -0.05) is 25.8 Å². The summed E-state index contributed by atoms with van der Waals surface area (Å²) in [6.07, 6.45) is 3.18. The second kappa shape index (κ2) is 6.87. The molecule has 0 saturated carbocycles. The van der Waals surface area contributed by atoms with Gasteiger partial charge in [-0.15, -0.1) is 0 Å². The lowest BCUT2D eigenvalue weighted by Gasteiger charge is -2.35. The normalized spacial score (nSPS) is 18.4. The van der Waals surface area contributed by atoms with Crippen LogP contribution in [-0.2, 0) is 0 Å². The number of benzene rings is 1. The van der Waals surface area contributed by atoms with Crippen LogP contribution in [0, 0.1) is 5.82 Å². The molecule has 1 atom stereocenters. The Balaban J connectivity index is 2.19. The maximum atomic E-state index is 14.1. The first-order valence-electron chi connectivity index (χ1n) is 7.15. The molecular weight excluding hydrogens is 243 g/mol. The molecule has 0 bridgehead atoms. The van der Waals surface area contributed by atoms with Crippen molar-refractivity contribution in [2.45, 2.75) is 32.2 Å². The van der Waals surface area contributed by atoms with Crippen molar-refractivity contribution in [2.75, 3.05) is 26.2 Å². The Morgan fingerprint density at radius 1 is 1.37 bits per heavy atom. The topological polar surface area (TPSA) is 35.5 Å². The molecule has 1 fully saturated rings. The summed E-state index contributed by atoms with van der Waals surface area (Å²) in [4.78, 5) is 2.35. The van der Waals surface area contributed by atoms with Crippen LogP contribution in [0.4, 0.5) is 4.39 Å². The van der Waals surface area contributed by atoms with Gasteiger partial charge in [0, 0.05) is 43.9 Å². The Bertz CT molecular complexity index is 405. The number of unbranched alkanes of at least 4 members (excludes halogenated alkanes) is 1. The van der Waals surface area contributed by atoms with Gasteiger partial charge >= 0.3 is 0 Å². The van der Waals surface area contributed by atoms with Crippen LogP contribution < -0.4 is 5.32 Å². The first-order valence-corrected chi connectivity index (χ1v) is 7.15. The molecule has 2 rings (SSSR count). The summed E-state index contributed by atoms with van der Waals surface area (Å²) < 4.78 is 14.1. The van der Waals surface area contributed by atoms with Crippen LogP contribution in [0.15, 0.2) is 18.2 Å². The molecule has 1 aromatic rings. The molecular formula is C15H23FN2O. The van der Waals surface area contributed by atoms with Crippen molar-refractivity contribution in [3.05, 3.63) is 29.6 Å². The van der Waals surface area contributed by atoms with Gasteiger partial charge in [-0.3, -0.25) is 4.90 Å². The fourth-order valence-electron chi connectivity index (χ4n) is 2.71. The summed E-state index contributed by atoms with van der Waals surface area (Å²) in [5, 5.41) is 12.7. The van der Waals surface area contributed by atoms with E-state index in [0.717, 1.165) is 45.4 Å². The monoisotopic (exact) mass is 266 g/mol. The van der Waals surface area contributed by atoms with Gasteiger partial charge in [0.05, 0.1) is 0 Å². The van der Waals surface area contributed by atoms with Crippen LogP contribution in [0.2, 0.25) is 0 Å². The first-order chi connectivity index (χ1) is 9.22. The predicted molar refractivity (Wildman–Crippen MR) is 74.8 cm³/mol. The number of aromatic hydroxyl groups is 1. The van der Waals surface area contributed by atoms with Crippen molar-refractivity contribution in [1.29, 1.82) is 0 Å². The van der Waals surface area contributed by atoms with E-state index in [0.29, 0.717) is 5.56 Å². The van der Waals surface area contributed by atoms with Crippen LogP contribution in [0.3, 0.4) is 0 Å². The Morgan fingerprint density at radius 2 is 2.11 bits per heavy atom. The highest BCUT2D eigenvalue weighted by Crippen LogP contribution is 2.30. The average molecular weight is 266 g/mol. The van der Waals surface area contributed by atoms with Crippen molar-refractivity contribution in [2.24, 2.45) is 0 Å². The van der Waals surface area contributed by atoms with E-state index in [4.69, 9.17) is 0 Å². The maximum Gasteiger partial charge on any atom is 0.131 e. The van der Waals surface area contributed by atoms with E-state index in [1.54, 1.807) is 12.1 Å². The van der Waals surface area contributed by atoms with Crippen LogP contribution in [0.1, 0.15) is 37.8 Å². The molecule has 0 unspecified atom stereocenters. The molecule has 0 spiro atoms. The van der Waals surface area contributed by atoms with E-state index >= 15 is 0 Å². The third kappa shape index (κ3) is 3.67. The molecule has 1 heterocycles. The van der Waals surface area contributed by atoms with Gasteiger partial charge in [-0.25, -0.2) is 4.39 Å². The van der Waals surface area contributed by atoms with Gasteiger partial charge < -0.3 is 10.4 Å². The fraction of sp³-hybridized carbons (Fsp3) is 0.600. The number of hydrogen-bond donors (Lipinski definition) is 2. The SMILES string of the molecule is CCCC[C@@H](c1ccc(O)cc1F)N1CCNCC1. The highest BCUT2D eigenvalue weighted by atomic mass is 19.1. The van der Waals surface area contributed by atoms with E-state index in [1.807, 2.05) is 0 Å². The third-order valence-corrected chi connectivity index (χ3v) is 3.77. The minimum Gasteiger partial charge on any atom is -0.508 e. The number of nitrogens with zero attached hydrogens (tertiary/aromatic N) is 1. The van der Waals surface area contributed by atoms with E-state index < -0.39 is 0 Å². The summed E-state index contributed by atoms with van der Waals surface area (Å²) in [6, 6.07) is 4.66. The molecule has 0 radical (unpaired) electrons. The van der Waals surface area contributed by atoms with Gasteiger partial charge in [0.1, 0.15) is 11.6 Å². The van der Waals surface area contributed by atoms with Crippen molar-refractivity contribution in [1.82, 2.24) is 10.2 Å². The Hall–Kier alpha value is -1.13. The van der Waals surface area contributed by atoms with Gasteiger partial charge in [0.2, 0.25) is 0 Å². The largest absolute Gasteiger partial charge is 0.508 e. The second-order valence-electron chi connectivity index (χ2n) is 5.15. The van der Waals surface area contributed by atoms with Crippen LogP contribution in [-0.4, -0.2) is 36.2 Å². The quantitative estimate of drug-likeness (QED) is 0.860. The smallest absolute Gasteiger partial charge is 0.131 e. The molecule has 1 aliphatic heterocycles. The van der Waals surface area contributed by atoms with Gasteiger partial charge in [0.25, 0.3) is 0 Å². The van der Waals surface area contributed by atoms with Crippen molar-refractivity contribution in [3.63, 3.8) is 0 Å². The number of rotatable bonds is 5. The zero-order valence-electron chi connectivity index (χ0n) is 11.5. The minimum absolute atomic E-state index is 0.00389. The van der Waals surface area contributed by atoms with E-state index in [-0.39, 0.29) is 17.6 Å². The number of hydrogen-bond acceptors (Lipinski definition) is 3. The zero-order valence-corrected chi connectivity index (χ0v) is 11.5. The molecule has 1 aromatic carbocycles. The molecule has 0 aromatic heterocycles. The molecule has 1 aliphatic rings. The van der Waals surface area contributed by atoms with Gasteiger partial charge in [-0.2, -0.15) is 0 Å². The number of phenols is 1. The lowest BCUT2D eigenvalue weighted by molar-refractivity contribution is 0.160. The van der Waals surface area contributed by atoms with E-state index in [1.165, 1.54) is 6.07 Å². The lowest BCUT2D eigenvalue weighted by Crippen LogP contribution is -2.45. The Kier molecular flexibility index (Phi) is 5.16. The molecule has 19 heavy (non-hydrogen) atoms. The third-order valence-electron chi connectivity index (χ3n) is 3.77. The van der Waals surface area contributed by atoms with E-state index in [2.05, 4.69) is 17.1 Å². The maximum absolute atomic E-state index is 14.1. The fourth-order valence-corrected chi connectivity index (χ4v) is 2.71. The molecule has 2 N–H and O–H groups in total. The highest BCUT2D eigenvalue weighted by molar-refractivity contribution is 5.30. The molecule has 0 aliphatic carbocycles. The Labute approximate surface area is 114 Å². The van der Waals surface area contributed by atoms with Crippen molar-refractivity contribution in [3.8, 4) is 5.75 Å². The number of phenolic OH excluding ortho intramolecular Hbond substituents is 1. The summed E-state index contributed by atoms with van der Waals surface area (Å²) in [7, 11) is 0. The van der Waals surface area contributed by atoms with Crippen LogP contribution in [0.25, 0.3) is 0 Å². The summed E-state index contributed by atoms with van der Waals surface area (Å²) >= 11 is 0. The summed E-state index contributed by atoms with van der Waals surface area (Å²) in [5.41, 5.74) is 0.716. The standard InChI is InChI=1S/C15H23FN2O/c1-2-3-4-15(18-9-7-17-8-10-18)13-6-5-12(19)11-14(13)16/h5-6,11,15,17,19H,2-4,7-10H2,1H3/t15-/m0/s1. The average Bonchev–Trinajstić information content (AvgIpc) is 2.42. The van der Waals surface area contributed by atoms with Gasteiger partial charge in [0.15, 0.2) is 0 Å². The number of piperazine rings is 1. The first kappa shape index (κ1) is 14.3. The molecule has 0 amide bonds. The molecule has 3 nitrogen and oxygen atoms in total. The lowest BCUT2D eigenvalue weighted by atomic mass is 9.98. The summed E-state index contributed by atoms with van der Waals surface area (Å²) in [6.45, 7) is 5.98. The minimum atomic E-state index is -0.292. The zero-order chi connectivity index (χ0) is 13.7. The predicted octanol–water partition coefficient (Wildman–Crippen LogP) is 2.67. The number of nitrogens with one attached hydrogen (secondary N) is 1. The van der Waals surface area contributed by atoms with Gasteiger partial charge in [-0.05, 0) is 12.5 Å². The molecule has 1 saturated heterocycles. The number of halogens is 1. The molecule has 106 valence electrons. The summed E-state index contributed by atoms with van der Waals surface area (Å²) in [5.74, 6) is -0.296. The van der Waals surface area contributed by atoms with E-state index in [9.17, 15) is 9.50 Å².